The SMILES string of the molecule is CCCCC1CC12N=CNC2=O. The molecule has 0 saturated heterocycles. The van der Waals surface area contributed by atoms with Gasteiger partial charge < -0.3 is 5.32 Å². The van der Waals surface area contributed by atoms with Gasteiger partial charge in [0.05, 0.1) is 6.34 Å². The van der Waals surface area contributed by atoms with Crippen molar-refractivity contribution in [2.45, 2.75) is 38.1 Å². The Hall–Kier alpha value is -0.860. The van der Waals surface area contributed by atoms with Gasteiger partial charge in [-0.15, -0.1) is 0 Å². The zero-order chi connectivity index (χ0) is 8.60. The average Bonchev–Trinajstić information content (AvgIpc) is 2.64. The lowest BCUT2D eigenvalue weighted by molar-refractivity contribution is -0.121. The van der Waals surface area contributed by atoms with Crippen LogP contribution in [0.2, 0.25) is 0 Å². The summed E-state index contributed by atoms with van der Waals surface area (Å²) in [6.45, 7) is 2.17. The number of amides is 1. The summed E-state index contributed by atoms with van der Waals surface area (Å²) in [6.07, 6.45) is 6.10. The van der Waals surface area contributed by atoms with Crippen LogP contribution in [0.5, 0.6) is 0 Å². The third kappa shape index (κ3) is 0.958. The van der Waals surface area contributed by atoms with Crippen LogP contribution in [0.1, 0.15) is 32.6 Å². The smallest absolute Gasteiger partial charge is 0.253 e. The molecule has 2 unspecified atom stereocenters. The highest BCUT2D eigenvalue weighted by atomic mass is 16.2. The number of rotatable bonds is 3. The lowest BCUT2D eigenvalue weighted by atomic mass is 10.1. The van der Waals surface area contributed by atoms with Gasteiger partial charge >= 0.3 is 0 Å². The Bertz CT molecular complexity index is 237. The lowest BCUT2D eigenvalue weighted by Gasteiger charge is -2.02. The summed E-state index contributed by atoms with van der Waals surface area (Å²) in [5.41, 5.74) is -0.310. The Balaban J connectivity index is 1.92. The van der Waals surface area contributed by atoms with Crippen molar-refractivity contribution in [3.63, 3.8) is 0 Å². The van der Waals surface area contributed by atoms with Crippen LogP contribution in [0.15, 0.2) is 4.99 Å². The van der Waals surface area contributed by atoms with Gasteiger partial charge in [0, 0.05) is 0 Å². The van der Waals surface area contributed by atoms with E-state index in [1.54, 1.807) is 6.34 Å². The first kappa shape index (κ1) is 7.77. The highest BCUT2D eigenvalue weighted by molar-refractivity contribution is 6.02. The van der Waals surface area contributed by atoms with E-state index in [9.17, 15) is 4.79 Å². The number of unbranched alkanes of at least 4 members (excludes halogenated alkanes) is 1. The number of hydrogen-bond donors (Lipinski definition) is 1. The van der Waals surface area contributed by atoms with Crippen LogP contribution >= 0.6 is 0 Å². The predicted molar refractivity (Wildman–Crippen MR) is 47.0 cm³/mol. The first-order chi connectivity index (χ1) is 5.79. The fourth-order valence-electron chi connectivity index (χ4n) is 1.93. The van der Waals surface area contributed by atoms with E-state index >= 15 is 0 Å². The van der Waals surface area contributed by atoms with Crippen LogP contribution in [-0.2, 0) is 4.79 Å². The minimum atomic E-state index is -0.310. The number of carbonyl (C=O) groups is 1. The standard InChI is InChI=1S/C9H14N2O/c1-2-3-4-7-5-9(7)8(12)10-6-11-9/h6-7H,2-5H2,1H3,(H,10,11,12). The Morgan fingerprint density at radius 2 is 2.67 bits per heavy atom. The fourth-order valence-corrected chi connectivity index (χ4v) is 1.93. The summed E-state index contributed by atoms with van der Waals surface area (Å²) >= 11 is 0. The third-order valence-corrected chi connectivity index (χ3v) is 2.86. The number of nitrogens with one attached hydrogen (secondary N) is 1. The highest BCUT2D eigenvalue weighted by Crippen LogP contribution is 2.51. The average molecular weight is 166 g/mol. The first-order valence-corrected chi connectivity index (χ1v) is 4.64. The normalized spacial score (nSPS) is 37.4. The maximum Gasteiger partial charge on any atom is 0.253 e. The zero-order valence-corrected chi connectivity index (χ0v) is 7.34. The molecule has 1 aliphatic carbocycles. The van der Waals surface area contributed by atoms with E-state index in [2.05, 4.69) is 17.2 Å². The van der Waals surface area contributed by atoms with Crippen molar-refractivity contribution in [1.82, 2.24) is 5.32 Å². The van der Waals surface area contributed by atoms with Gasteiger partial charge in [0.1, 0.15) is 5.54 Å². The van der Waals surface area contributed by atoms with Crippen LogP contribution in [0, 0.1) is 5.92 Å². The van der Waals surface area contributed by atoms with E-state index in [0.717, 1.165) is 12.8 Å². The van der Waals surface area contributed by atoms with Gasteiger partial charge in [-0.2, -0.15) is 0 Å². The number of hydrogen-bond acceptors (Lipinski definition) is 2. The zero-order valence-electron chi connectivity index (χ0n) is 7.34. The summed E-state index contributed by atoms with van der Waals surface area (Å²) in [5.74, 6) is 0.639. The van der Waals surface area contributed by atoms with Crippen LogP contribution in [0.25, 0.3) is 0 Å². The summed E-state index contributed by atoms with van der Waals surface area (Å²) in [5, 5.41) is 2.65. The summed E-state index contributed by atoms with van der Waals surface area (Å²) < 4.78 is 0. The molecule has 0 aromatic rings. The maximum absolute atomic E-state index is 11.3. The number of aliphatic imine (C=N–C) groups is 1. The molecule has 66 valence electrons. The quantitative estimate of drug-likeness (QED) is 0.670. The molecule has 1 N–H and O–H groups in total. The van der Waals surface area contributed by atoms with Crippen LogP contribution in [0.3, 0.4) is 0 Å². The van der Waals surface area contributed by atoms with Gasteiger partial charge in [-0.25, -0.2) is 0 Å². The van der Waals surface area contributed by atoms with Crippen molar-refractivity contribution < 1.29 is 4.79 Å². The predicted octanol–water partition coefficient (Wildman–Crippen LogP) is 1.09. The third-order valence-electron chi connectivity index (χ3n) is 2.86. The summed E-state index contributed by atoms with van der Waals surface area (Å²) in [4.78, 5) is 15.5. The maximum atomic E-state index is 11.3. The van der Waals surface area contributed by atoms with Crippen molar-refractivity contribution in [2.24, 2.45) is 10.9 Å². The van der Waals surface area contributed by atoms with Crippen molar-refractivity contribution in [3.8, 4) is 0 Å². The summed E-state index contributed by atoms with van der Waals surface area (Å²) in [7, 11) is 0. The van der Waals surface area contributed by atoms with E-state index in [1.165, 1.54) is 12.8 Å². The van der Waals surface area contributed by atoms with E-state index < -0.39 is 0 Å². The molecular formula is C9H14N2O. The molecule has 2 rings (SSSR count). The topological polar surface area (TPSA) is 41.5 Å². The molecule has 2 atom stereocenters. The number of carbonyl (C=O) groups excluding carboxylic acids is 1. The highest BCUT2D eigenvalue weighted by Gasteiger charge is 2.61. The molecule has 3 heteroatoms. The van der Waals surface area contributed by atoms with Gasteiger partial charge in [0.15, 0.2) is 0 Å². The van der Waals surface area contributed by atoms with Gasteiger partial charge in [-0.1, -0.05) is 19.8 Å². The van der Waals surface area contributed by atoms with Gasteiger partial charge in [0.25, 0.3) is 5.91 Å². The molecule has 2 aliphatic rings. The second-order valence-corrected chi connectivity index (χ2v) is 3.70. The Kier molecular flexibility index (Phi) is 1.67. The second kappa shape index (κ2) is 2.57. The molecule has 1 aliphatic heterocycles. The molecule has 0 aromatic heterocycles. The van der Waals surface area contributed by atoms with E-state index in [4.69, 9.17) is 0 Å². The Morgan fingerprint density at radius 1 is 1.83 bits per heavy atom. The molecule has 0 aromatic carbocycles. The second-order valence-electron chi connectivity index (χ2n) is 3.70. The molecular weight excluding hydrogens is 152 g/mol. The molecule has 12 heavy (non-hydrogen) atoms. The van der Waals surface area contributed by atoms with Gasteiger partial charge in [-0.05, 0) is 18.8 Å². The van der Waals surface area contributed by atoms with Crippen molar-refractivity contribution in [3.05, 3.63) is 0 Å². The first-order valence-electron chi connectivity index (χ1n) is 4.64. The molecule has 1 heterocycles. The van der Waals surface area contributed by atoms with E-state index in [-0.39, 0.29) is 11.4 Å². The molecule has 1 saturated carbocycles. The molecule has 0 bridgehead atoms. The van der Waals surface area contributed by atoms with Crippen molar-refractivity contribution in [2.75, 3.05) is 0 Å². The van der Waals surface area contributed by atoms with Gasteiger partial charge in [0.2, 0.25) is 0 Å². The van der Waals surface area contributed by atoms with E-state index in [0.29, 0.717) is 5.92 Å². The monoisotopic (exact) mass is 166 g/mol. The van der Waals surface area contributed by atoms with E-state index in [1.807, 2.05) is 0 Å². The Morgan fingerprint density at radius 3 is 3.25 bits per heavy atom. The minimum absolute atomic E-state index is 0.114. The van der Waals surface area contributed by atoms with Crippen molar-refractivity contribution in [1.29, 1.82) is 0 Å². The minimum Gasteiger partial charge on any atom is -0.315 e. The molecule has 1 amide bonds. The van der Waals surface area contributed by atoms with Crippen LogP contribution < -0.4 is 5.32 Å². The van der Waals surface area contributed by atoms with Crippen LogP contribution in [-0.4, -0.2) is 17.8 Å². The van der Waals surface area contributed by atoms with Gasteiger partial charge in [-0.3, -0.25) is 9.79 Å². The fraction of sp³-hybridized carbons (Fsp3) is 0.778. The molecule has 3 nitrogen and oxygen atoms in total. The molecule has 1 fully saturated rings. The lowest BCUT2D eigenvalue weighted by Crippen LogP contribution is -2.27. The van der Waals surface area contributed by atoms with Crippen LogP contribution in [0.4, 0.5) is 0 Å². The molecule has 1 spiro atoms. The van der Waals surface area contributed by atoms with Crippen molar-refractivity contribution >= 4 is 12.2 Å². The number of nitrogens with zero attached hydrogens (tertiary/aromatic N) is 1. The summed E-state index contributed by atoms with van der Waals surface area (Å²) in [6, 6.07) is 0. The molecule has 0 radical (unpaired) electrons. The Labute approximate surface area is 72.3 Å². The largest absolute Gasteiger partial charge is 0.315 e.